The summed E-state index contributed by atoms with van der Waals surface area (Å²) < 4.78 is 0. The molecule has 2 N–H and O–H groups in total. The molecule has 110 valence electrons. The second kappa shape index (κ2) is 8.87. The van der Waals surface area contributed by atoms with E-state index in [4.69, 9.17) is 16.7 Å². The van der Waals surface area contributed by atoms with E-state index >= 15 is 0 Å². The minimum Gasteiger partial charge on any atom is -0.480 e. The summed E-state index contributed by atoms with van der Waals surface area (Å²) in [5.74, 6) is -0.607. The lowest BCUT2D eigenvalue weighted by Gasteiger charge is -2.13. The van der Waals surface area contributed by atoms with E-state index in [9.17, 15) is 9.59 Å². The van der Waals surface area contributed by atoms with Crippen LogP contribution in [0.3, 0.4) is 0 Å². The smallest absolute Gasteiger partial charge is 0.326 e. The maximum atomic E-state index is 11.7. The Hall–Kier alpha value is -1.20. The summed E-state index contributed by atoms with van der Waals surface area (Å²) in [7, 11) is 0. The zero-order valence-corrected chi connectivity index (χ0v) is 12.8. The highest BCUT2D eigenvalue weighted by molar-refractivity contribution is 7.99. The van der Waals surface area contributed by atoms with Crippen molar-refractivity contribution in [3.05, 3.63) is 29.3 Å². The third kappa shape index (κ3) is 6.30. The normalized spacial score (nSPS) is 11.9. The molecule has 0 aliphatic heterocycles. The molecule has 0 saturated heterocycles. The molecule has 0 bridgehead atoms. The minimum atomic E-state index is -0.981. The van der Waals surface area contributed by atoms with Gasteiger partial charge in [-0.05, 0) is 30.7 Å². The average molecular weight is 316 g/mol. The van der Waals surface area contributed by atoms with Crippen LogP contribution in [-0.4, -0.2) is 28.8 Å². The summed E-state index contributed by atoms with van der Waals surface area (Å²) in [6, 6.07) is 6.59. The molecule has 0 fully saturated rings. The molecule has 1 rings (SSSR count). The molecule has 1 atom stereocenters. The van der Waals surface area contributed by atoms with Crippen LogP contribution in [0.5, 0.6) is 0 Å². The Morgan fingerprint density at radius 1 is 1.35 bits per heavy atom. The van der Waals surface area contributed by atoms with E-state index < -0.39 is 12.0 Å². The number of carboxylic acid groups (broad SMARTS) is 1. The number of hydrogen-bond acceptors (Lipinski definition) is 3. The van der Waals surface area contributed by atoms with E-state index in [0.717, 1.165) is 11.3 Å². The largest absolute Gasteiger partial charge is 0.480 e. The number of aliphatic carboxylic acids is 1. The van der Waals surface area contributed by atoms with Crippen molar-refractivity contribution in [3.8, 4) is 0 Å². The van der Waals surface area contributed by atoms with E-state index in [1.165, 1.54) is 11.8 Å². The predicted molar refractivity (Wildman–Crippen MR) is 81.3 cm³/mol. The second-order valence-corrected chi connectivity index (χ2v) is 5.90. The third-order valence-corrected chi connectivity index (χ3v) is 3.89. The molecule has 1 aromatic carbocycles. The van der Waals surface area contributed by atoms with Gasteiger partial charge in [0.1, 0.15) is 6.04 Å². The summed E-state index contributed by atoms with van der Waals surface area (Å²) >= 11 is 7.32. The molecule has 20 heavy (non-hydrogen) atoms. The highest BCUT2D eigenvalue weighted by Crippen LogP contribution is 2.20. The minimum absolute atomic E-state index is 0.229. The molecule has 4 nitrogen and oxygen atoms in total. The molecule has 1 aromatic rings. The van der Waals surface area contributed by atoms with Crippen molar-refractivity contribution in [1.82, 2.24) is 5.32 Å². The quantitative estimate of drug-likeness (QED) is 0.723. The Balaban J connectivity index is 2.32. The zero-order valence-electron chi connectivity index (χ0n) is 11.3. The molecule has 0 aliphatic rings. The highest BCUT2D eigenvalue weighted by Gasteiger charge is 2.18. The molecule has 0 heterocycles. The molecule has 0 unspecified atom stereocenters. The zero-order chi connectivity index (χ0) is 15.0. The number of carbonyl (C=O) groups is 2. The van der Waals surface area contributed by atoms with E-state index in [1.807, 2.05) is 19.1 Å². The van der Waals surface area contributed by atoms with Crippen LogP contribution in [-0.2, 0) is 9.59 Å². The number of rotatable bonds is 8. The summed E-state index contributed by atoms with van der Waals surface area (Å²) in [4.78, 5) is 23.6. The Labute approximate surface area is 127 Å². The van der Waals surface area contributed by atoms with Gasteiger partial charge < -0.3 is 10.4 Å². The Kier molecular flexibility index (Phi) is 7.47. The molecular weight excluding hydrogens is 298 g/mol. The van der Waals surface area contributed by atoms with Gasteiger partial charge in [-0.2, -0.15) is 0 Å². The fourth-order valence-corrected chi connectivity index (χ4v) is 2.58. The highest BCUT2D eigenvalue weighted by atomic mass is 35.5. The Bertz CT molecular complexity index is 450. The number of benzene rings is 1. The summed E-state index contributed by atoms with van der Waals surface area (Å²) in [5, 5.41) is 12.2. The number of nitrogens with one attached hydrogen (secondary N) is 1. The molecule has 0 saturated carbocycles. The number of halogens is 1. The van der Waals surface area contributed by atoms with Crippen LogP contribution in [0.25, 0.3) is 0 Å². The molecule has 6 heteroatoms. The van der Waals surface area contributed by atoms with Gasteiger partial charge in [0.2, 0.25) is 5.91 Å². The van der Waals surface area contributed by atoms with Crippen LogP contribution in [0.15, 0.2) is 29.2 Å². The van der Waals surface area contributed by atoms with Crippen molar-refractivity contribution in [1.29, 1.82) is 0 Å². The lowest BCUT2D eigenvalue weighted by molar-refractivity contribution is -0.142. The maximum absolute atomic E-state index is 11.7. The fraction of sp³-hybridized carbons (Fsp3) is 0.429. The van der Waals surface area contributed by atoms with Gasteiger partial charge in [0.15, 0.2) is 0 Å². The van der Waals surface area contributed by atoms with E-state index in [0.29, 0.717) is 23.6 Å². The summed E-state index contributed by atoms with van der Waals surface area (Å²) in [6.45, 7) is 1.89. The molecular formula is C14H18ClNO3S. The molecule has 1 amide bonds. The van der Waals surface area contributed by atoms with E-state index in [-0.39, 0.29) is 5.91 Å². The van der Waals surface area contributed by atoms with Crippen LogP contribution in [0.4, 0.5) is 0 Å². The fourth-order valence-electron chi connectivity index (χ4n) is 1.60. The van der Waals surface area contributed by atoms with Crippen LogP contribution in [0, 0.1) is 0 Å². The van der Waals surface area contributed by atoms with Crippen molar-refractivity contribution in [3.63, 3.8) is 0 Å². The van der Waals surface area contributed by atoms with Gasteiger partial charge in [0.05, 0.1) is 0 Å². The van der Waals surface area contributed by atoms with Crippen molar-refractivity contribution in [2.24, 2.45) is 0 Å². The Morgan fingerprint density at radius 2 is 2.00 bits per heavy atom. The lowest BCUT2D eigenvalue weighted by Crippen LogP contribution is -2.40. The van der Waals surface area contributed by atoms with Gasteiger partial charge in [-0.25, -0.2) is 4.79 Å². The van der Waals surface area contributed by atoms with Crippen molar-refractivity contribution < 1.29 is 14.7 Å². The van der Waals surface area contributed by atoms with E-state index in [1.54, 1.807) is 12.1 Å². The van der Waals surface area contributed by atoms with Crippen molar-refractivity contribution in [2.75, 3.05) is 5.75 Å². The van der Waals surface area contributed by atoms with Gasteiger partial charge in [0.25, 0.3) is 0 Å². The van der Waals surface area contributed by atoms with Crippen LogP contribution >= 0.6 is 23.4 Å². The van der Waals surface area contributed by atoms with Crippen molar-refractivity contribution >= 4 is 35.2 Å². The second-order valence-electron chi connectivity index (χ2n) is 4.30. The number of carboxylic acids is 1. The van der Waals surface area contributed by atoms with Gasteiger partial charge in [0, 0.05) is 22.1 Å². The van der Waals surface area contributed by atoms with Gasteiger partial charge in [-0.15, -0.1) is 11.8 Å². The lowest BCUT2D eigenvalue weighted by atomic mass is 10.1. The third-order valence-electron chi connectivity index (χ3n) is 2.62. The number of thioether (sulfide) groups is 1. The molecule has 0 aliphatic carbocycles. The van der Waals surface area contributed by atoms with Gasteiger partial charge in [-0.3, -0.25) is 4.79 Å². The summed E-state index contributed by atoms with van der Waals surface area (Å²) in [6.07, 6.45) is 1.46. The molecule has 0 aromatic heterocycles. The first kappa shape index (κ1) is 16.9. The van der Waals surface area contributed by atoms with Crippen molar-refractivity contribution in [2.45, 2.75) is 37.1 Å². The first-order valence-corrected chi connectivity index (χ1v) is 7.79. The first-order valence-electron chi connectivity index (χ1n) is 6.43. The standard InChI is InChI=1S/C14H18ClNO3S/c1-2-3-12(14(18)19)16-13(17)8-9-20-11-6-4-10(15)5-7-11/h4-7,12H,2-3,8-9H2,1H3,(H,16,17)(H,18,19)/t12-/m1/s1. The predicted octanol–water partition coefficient (Wildman–Crippen LogP) is 3.19. The molecule has 0 radical (unpaired) electrons. The number of amides is 1. The number of carbonyl (C=O) groups excluding carboxylic acids is 1. The van der Waals surface area contributed by atoms with Crippen LogP contribution in [0.1, 0.15) is 26.2 Å². The van der Waals surface area contributed by atoms with Gasteiger partial charge in [-0.1, -0.05) is 24.9 Å². The number of hydrogen-bond donors (Lipinski definition) is 2. The summed E-state index contributed by atoms with van der Waals surface area (Å²) in [5.41, 5.74) is 0. The van der Waals surface area contributed by atoms with E-state index in [2.05, 4.69) is 5.32 Å². The molecule has 0 spiro atoms. The SMILES string of the molecule is CCC[C@@H](NC(=O)CCSc1ccc(Cl)cc1)C(=O)O. The van der Waals surface area contributed by atoms with Gasteiger partial charge >= 0.3 is 5.97 Å². The Morgan fingerprint density at radius 3 is 2.55 bits per heavy atom. The monoisotopic (exact) mass is 315 g/mol. The first-order chi connectivity index (χ1) is 9.52. The topological polar surface area (TPSA) is 66.4 Å². The van der Waals surface area contributed by atoms with Crippen LogP contribution in [0.2, 0.25) is 5.02 Å². The average Bonchev–Trinajstić information content (AvgIpc) is 2.40. The van der Waals surface area contributed by atoms with Crippen LogP contribution < -0.4 is 5.32 Å². The maximum Gasteiger partial charge on any atom is 0.326 e.